The largest absolute Gasteiger partial charge is 0.480 e. The van der Waals surface area contributed by atoms with Crippen molar-refractivity contribution in [2.75, 3.05) is 20.1 Å². The first-order valence-electron chi connectivity index (χ1n) is 5.69. The van der Waals surface area contributed by atoms with Gasteiger partial charge >= 0.3 is 12.0 Å². The number of nitriles is 1. The summed E-state index contributed by atoms with van der Waals surface area (Å²) >= 11 is 0. The third kappa shape index (κ3) is 3.34. The summed E-state index contributed by atoms with van der Waals surface area (Å²) in [6.45, 7) is 0.810. The van der Waals surface area contributed by atoms with Gasteiger partial charge in [-0.2, -0.15) is 5.26 Å². The summed E-state index contributed by atoms with van der Waals surface area (Å²) in [6, 6.07) is 0.941. The van der Waals surface area contributed by atoms with Crippen LogP contribution in [0.4, 0.5) is 4.79 Å². The van der Waals surface area contributed by atoms with E-state index in [2.05, 4.69) is 0 Å². The molecule has 6 nitrogen and oxygen atoms in total. The van der Waals surface area contributed by atoms with Crippen molar-refractivity contribution in [3.63, 3.8) is 0 Å². The number of piperidine rings is 1. The Morgan fingerprint density at radius 3 is 2.82 bits per heavy atom. The van der Waals surface area contributed by atoms with E-state index in [1.165, 1.54) is 9.80 Å². The summed E-state index contributed by atoms with van der Waals surface area (Å²) in [4.78, 5) is 25.8. The maximum Gasteiger partial charge on any atom is 0.326 e. The van der Waals surface area contributed by atoms with Crippen LogP contribution in [0.25, 0.3) is 0 Å². The lowest BCUT2D eigenvalue weighted by atomic mass is 10.0. The Balaban J connectivity index is 2.65. The van der Waals surface area contributed by atoms with Gasteiger partial charge in [-0.1, -0.05) is 0 Å². The number of amides is 2. The summed E-state index contributed by atoms with van der Waals surface area (Å²) in [7, 11) is 1.59. The lowest BCUT2D eigenvalue weighted by Crippen LogP contribution is -2.52. The highest BCUT2D eigenvalue weighted by Gasteiger charge is 2.33. The van der Waals surface area contributed by atoms with Crippen LogP contribution in [-0.4, -0.2) is 53.1 Å². The highest BCUT2D eigenvalue weighted by atomic mass is 16.4. The molecule has 1 fully saturated rings. The van der Waals surface area contributed by atoms with Gasteiger partial charge in [0.1, 0.15) is 6.04 Å². The van der Waals surface area contributed by atoms with E-state index < -0.39 is 12.0 Å². The molecule has 6 heteroatoms. The fourth-order valence-corrected chi connectivity index (χ4v) is 1.95. The fraction of sp³-hybridized carbons (Fsp3) is 0.727. The Bertz CT molecular complexity index is 337. The van der Waals surface area contributed by atoms with E-state index in [4.69, 9.17) is 10.4 Å². The highest BCUT2D eigenvalue weighted by molar-refractivity contribution is 5.82. The molecule has 1 rings (SSSR count). The number of carboxylic acids is 1. The third-order valence-electron chi connectivity index (χ3n) is 2.92. The van der Waals surface area contributed by atoms with Gasteiger partial charge in [0.15, 0.2) is 0 Å². The third-order valence-corrected chi connectivity index (χ3v) is 2.92. The molecule has 0 aromatic rings. The van der Waals surface area contributed by atoms with Crippen LogP contribution in [0.15, 0.2) is 0 Å². The Kier molecular flexibility index (Phi) is 4.76. The molecule has 1 aliphatic rings. The lowest BCUT2D eigenvalue weighted by Gasteiger charge is -2.35. The first-order valence-corrected chi connectivity index (χ1v) is 5.69. The van der Waals surface area contributed by atoms with Crippen LogP contribution >= 0.6 is 0 Å². The average molecular weight is 239 g/mol. The average Bonchev–Trinajstić information content (AvgIpc) is 2.34. The molecule has 1 heterocycles. The molecule has 1 N–H and O–H groups in total. The van der Waals surface area contributed by atoms with Crippen molar-refractivity contribution < 1.29 is 14.7 Å². The number of likely N-dealkylation sites (tertiary alicyclic amines) is 1. The van der Waals surface area contributed by atoms with Crippen LogP contribution in [0.1, 0.15) is 25.7 Å². The number of carbonyl (C=O) groups is 2. The molecular formula is C11H17N3O3. The molecule has 0 aromatic carbocycles. The minimum Gasteiger partial charge on any atom is -0.480 e. The van der Waals surface area contributed by atoms with Gasteiger partial charge in [0, 0.05) is 20.1 Å². The van der Waals surface area contributed by atoms with Crippen LogP contribution in [0.5, 0.6) is 0 Å². The molecular weight excluding hydrogens is 222 g/mol. The van der Waals surface area contributed by atoms with E-state index in [0.717, 1.165) is 12.8 Å². The Labute approximate surface area is 100 Å². The van der Waals surface area contributed by atoms with Gasteiger partial charge in [-0.3, -0.25) is 0 Å². The molecule has 0 aromatic heterocycles. The number of aliphatic carboxylic acids is 1. The van der Waals surface area contributed by atoms with Crippen LogP contribution in [-0.2, 0) is 4.79 Å². The molecule has 17 heavy (non-hydrogen) atoms. The first kappa shape index (κ1) is 13.3. The van der Waals surface area contributed by atoms with Gasteiger partial charge < -0.3 is 14.9 Å². The second-order valence-corrected chi connectivity index (χ2v) is 4.16. The van der Waals surface area contributed by atoms with E-state index in [1.54, 1.807) is 7.05 Å². The van der Waals surface area contributed by atoms with E-state index in [9.17, 15) is 9.59 Å². The van der Waals surface area contributed by atoms with Crippen molar-refractivity contribution in [2.24, 2.45) is 0 Å². The van der Waals surface area contributed by atoms with Crippen LogP contribution < -0.4 is 0 Å². The Morgan fingerprint density at radius 2 is 2.24 bits per heavy atom. The standard InChI is InChI=1S/C11H17N3O3/c1-13(7-4-6-12)11(17)14-8-3-2-5-9(14)10(15)16/h9H,2-5,7-8H2,1H3,(H,15,16). The Hall–Kier alpha value is -1.77. The van der Waals surface area contributed by atoms with Crippen molar-refractivity contribution in [3.8, 4) is 6.07 Å². The van der Waals surface area contributed by atoms with Crippen LogP contribution in [0.3, 0.4) is 0 Å². The number of carboxylic acid groups (broad SMARTS) is 1. The van der Waals surface area contributed by atoms with Gasteiger partial charge in [0.05, 0.1) is 12.5 Å². The molecule has 0 bridgehead atoms. The lowest BCUT2D eigenvalue weighted by molar-refractivity contribution is -0.143. The SMILES string of the molecule is CN(CCC#N)C(=O)N1CCCCC1C(=O)O. The van der Waals surface area contributed by atoms with E-state index in [-0.39, 0.29) is 12.5 Å². The number of hydrogen-bond acceptors (Lipinski definition) is 3. The molecule has 1 aliphatic heterocycles. The predicted molar refractivity (Wildman–Crippen MR) is 60.2 cm³/mol. The normalized spacial score (nSPS) is 19.5. The summed E-state index contributed by atoms with van der Waals surface area (Å²) in [5.41, 5.74) is 0. The van der Waals surface area contributed by atoms with E-state index in [0.29, 0.717) is 19.5 Å². The van der Waals surface area contributed by atoms with E-state index in [1.807, 2.05) is 6.07 Å². The van der Waals surface area contributed by atoms with Gasteiger partial charge in [0.25, 0.3) is 0 Å². The highest BCUT2D eigenvalue weighted by Crippen LogP contribution is 2.18. The number of carbonyl (C=O) groups excluding carboxylic acids is 1. The molecule has 1 atom stereocenters. The van der Waals surface area contributed by atoms with Crippen LogP contribution in [0, 0.1) is 11.3 Å². The fourth-order valence-electron chi connectivity index (χ4n) is 1.95. The van der Waals surface area contributed by atoms with Crippen molar-refractivity contribution in [2.45, 2.75) is 31.7 Å². The molecule has 0 aliphatic carbocycles. The zero-order chi connectivity index (χ0) is 12.8. The summed E-state index contributed by atoms with van der Waals surface area (Å²) in [5.74, 6) is -0.952. The monoisotopic (exact) mass is 239 g/mol. The topological polar surface area (TPSA) is 84.6 Å². The number of rotatable bonds is 3. The first-order chi connectivity index (χ1) is 8.07. The Morgan fingerprint density at radius 1 is 1.53 bits per heavy atom. The maximum absolute atomic E-state index is 12.0. The van der Waals surface area contributed by atoms with Crippen LogP contribution in [0.2, 0.25) is 0 Å². The van der Waals surface area contributed by atoms with Crippen molar-refractivity contribution in [1.82, 2.24) is 9.80 Å². The zero-order valence-corrected chi connectivity index (χ0v) is 9.93. The molecule has 94 valence electrons. The van der Waals surface area contributed by atoms with Crippen molar-refractivity contribution in [3.05, 3.63) is 0 Å². The molecule has 1 unspecified atom stereocenters. The second kappa shape index (κ2) is 6.09. The van der Waals surface area contributed by atoms with Crippen molar-refractivity contribution in [1.29, 1.82) is 5.26 Å². The number of hydrogen-bond donors (Lipinski definition) is 1. The molecule has 1 saturated heterocycles. The molecule has 0 radical (unpaired) electrons. The van der Waals surface area contributed by atoms with Gasteiger partial charge in [-0.25, -0.2) is 9.59 Å². The minimum absolute atomic E-state index is 0.258. The number of nitrogens with zero attached hydrogens (tertiary/aromatic N) is 3. The van der Waals surface area contributed by atoms with E-state index >= 15 is 0 Å². The second-order valence-electron chi connectivity index (χ2n) is 4.16. The van der Waals surface area contributed by atoms with Gasteiger partial charge in [-0.05, 0) is 19.3 Å². The maximum atomic E-state index is 12.0. The van der Waals surface area contributed by atoms with Crippen molar-refractivity contribution >= 4 is 12.0 Å². The predicted octanol–water partition coefficient (Wildman–Crippen LogP) is 0.891. The smallest absolute Gasteiger partial charge is 0.326 e. The number of urea groups is 1. The van der Waals surface area contributed by atoms with Gasteiger partial charge in [0.2, 0.25) is 0 Å². The summed E-state index contributed by atoms with van der Waals surface area (Å²) < 4.78 is 0. The summed E-state index contributed by atoms with van der Waals surface area (Å²) in [5, 5.41) is 17.5. The minimum atomic E-state index is -0.952. The molecule has 0 spiro atoms. The molecule has 0 saturated carbocycles. The van der Waals surface area contributed by atoms with Gasteiger partial charge in [-0.15, -0.1) is 0 Å². The summed E-state index contributed by atoms with van der Waals surface area (Å²) in [6.07, 6.45) is 2.44. The molecule has 2 amide bonds. The zero-order valence-electron chi connectivity index (χ0n) is 9.93. The quantitative estimate of drug-likeness (QED) is 0.792.